The Morgan fingerprint density at radius 2 is 1.80 bits per heavy atom. The number of aliphatic hydroxyl groups is 1. The highest BCUT2D eigenvalue weighted by atomic mass is 16.7. The Morgan fingerprint density at radius 1 is 1.27 bits per heavy atom. The lowest BCUT2D eigenvalue weighted by Crippen LogP contribution is -2.48. The van der Waals surface area contributed by atoms with Crippen LogP contribution in [-0.2, 0) is 9.47 Å². The minimum absolute atomic E-state index is 0.0452. The number of rotatable bonds is 2. The SMILES string of the molecule is CO.CO[C@@H]1O[C@H](C)C[C@H](N(C)C)[C@H]1C. The van der Waals surface area contributed by atoms with Gasteiger partial charge in [-0.2, -0.15) is 0 Å². The molecule has 1 fully saturated rings. The number of hydrogen-bond acceptors (Lipinski definition) is 4. The average molecular weight is 219 g/mol. The van der Waals surface area contributed by atoms with Crippen molar-refractivity contribution in [2.75, 3.05) is 28.3 Å². The molecule has 4 atom stereocenters. The third-order valence-corrected chi connectivity index (χ3v) is 2.87. The number of ether oxygens (including phenoxy) is 2. The number of hydrogen-bond donors (Lipinski definition) is 1. The van der Waals surface area contributed by atoms with Crippen LogP contribution in [0.2, 0.25) is 0 Å². The van der Waals surface area contributed by atoms with Crippen LogP contribution in [0, 0.1) is 5.92 Å². The molecule has 4 heteroatoms. The van der Waals surface area contributed by atoms with Crippen LogP contribution in [0.25, 0.3) is 0 Å². The second kappa shape index (κ2) is 7.17. The summed E-state index contributed by atoms with van der Waals surface area (Å²) in [6.45, 7) is 4.29. The van der Waals surface area contributed by atoms with Crippen LogP contribution in [-0.4, -0.2) is 56.8 Å². The highest BCUT2D eigenvalue weighted by Crippen LogP contribution is 2.27. The molecule has 0 aliphatic carbocycles. The molecule has 0 amide bonds. The summed E-state index contributed by atoms with van der Waals surface area (Å²) < 4.78 is 11.0. The van der Waals surface area contributed by atoms with Crippen molar-refractivity contribution >= 4 is 0 Å². The van der Waals surface area contributed by atoms with Crippen molar-refractivity contribution in [2.24, 2.45) is 5.92 Å². The van der Waals surface area contributed by atoms with E-state index in [9.17, 15) is 0 Å². The Morgan fingerprint density at radius 3 is 2.20 bits per heavy atom. The molecule has 1 aliphatic rings. The third kappa shape index (κ3) is 4.07. The maximum absolute atomic E-state index is 7.00. The summed E-state index contributed by atoms with van der Waals surface area (Å²) >= 11 is 0. The molecule has 0 unspecified atom stereocenters. The topological polar surface area (TPSA) is 41.9 Å². The quantitative estimate of drug-likeness (QED) is 0.750. The molecule has 0 bridgehead atoms. The Labute approximate surface area is 93.2 Å². The minimum Gasteiger partial charge on any atom is -0.400 e. The van der Waals surface area contributed by atoms with Crippen molar-refractivity contribution in [3.63, 3.8) is 0 Å². The Kier molecular flexibility index (Phi) is 7.09. The van der Waals surface area contributed by atoms with E-state index in [2.05, 4.69) is 32.8 Å². The van der Waals surface area contributed by atoms with Gasteiger partial charge in [0, 0.05) is 26.2 Å². The van der Waals surface area contributed by atoms with Crippen LogP contribution >= 0.6 is 0 Å². The molecule has 1 N–H and O–H groups in total. The molecule has 0 radical (unpaired) electrons. The summed E-state index contributed by atoms with van der Waals surface area (Å²) in [7, 11) is 6.95. The van der Waals surface area contributed by atoms with E-state index in [-0.39, 0.29) is 6.29 Å². The fourth-order valence-corrected chi connectivity index (χ4v) is 2.10. The maximum Gasteiger partial charge on any atom is 0.161 e. The van der Waals surface area contributed by atoms with Crippen molar-refractivity contribution in [1.29, 1.82) is 0 Å². The molecule has 0 aromatic heterocycles. The molecule has 0 aromatic carbocycles. The maximum atomic E-state index is 7.00. The lowest BCUT2D eigenvalue weighted by atomic mass is 9.92. The zero-order valence-electron chi connectivity index (χ0n) is 10.7. The first-order valence-electron chi connectivity index (χ1n) is 5.35. The highest BCUT2D eigenvalue weighted by molar-refractivity contribution is 4.82. The monoisotopic (exact) mass is 219 g/mol. The van der Waals surface area contributed by atoms with Crippen LogP contribution in [0.5, 0.6) is 0 Å². The van der Waals surface area contributed by atoms with Crippen molar-refractivity contribution in [3.8, 4) is 0 Å². The number of aliphatic hydroxyl groups excluding tert-OH is 1. The smallest absolute Gasteiger partial charge is 0.161 e. The van der Waals surface area contributed by atoms with E-state index in [0.29, 0.717) is 18.1 Å². The van der Waals surface area contributed by atoms with Gasteiger partial charge in [0.05, 0.1) is 6.10 Å². The lowest BCUT2D eigenvalue weighted by molar-refractivity contribution is -0.217. The number of methoxy groups -OCH3 is 1. The normalized spacial score (nSPS) is 36.0. The first-order chi connectivity index (χ1) is 7.06. The molecule has 0 saturated carbocycles. The van der Waals surface area contributed by atoms with E-state index >= 15 is 0 Å². The molecular weight excluding hydrogens is 194 g/mol. The first-order valence-corrected chi connectivity index (χ1v) is 5.35. The van der Waals surface area contributed by atoms with Gasteiger partial charge in [0.15, 0.2) is 6.29 Å². The second-order valence-electron chi connectivity index (χ2n) is 4.18. The Bertz CT molecular complexity index is 164. The van der Waals surface area contributed by atoms with Gasteiger partial charge in [-0.15, -0.1) is 0 Å². The highest BCUT2D eigenvalue weighted by Gasteiger charge is 2.35. The van der Waals surface area contributed by atoms with Crippen LogP contribution < -0.4 is 0 Å². The van der Waals surface area contributed by atoms with Gasteiger partial charge in [-0.05, 0) is 27.4 Å². The molecule has 1 aliphatic heterocycles. The van der Waals surface area contributed by atoms with Gasteiger partial charge in [-0.3, -0.25) is 0 Å². The summed E-state index contributed by atoms with van der Waals surface area (Å²) in [6.07, 6.45) is 1.35. The average Bonchev–Trinajstić information content (AvgIpc) is 2.23. The molecule has 1 heterocycles. The van der Waals surface area contributed by atoms with E-state index in [1.807, 2.05) is 0 Å². The van der Waals surface area contributed by atoms with Crippen LogP contribution in [0.15, 0.2) is 0 Å². The lowest BCUT2D eigenvalue weighted by Gasteiger charge is -2.41. The predicted octanol–water partition coefficient (Wildman–Crippen LogP) is 0.942. The third-order valence-electron chi connectivity index (χ3n) is 2.87. The Balaban J connectivity index is 0.000000921. The van der Waals surface area contributed by atoms with Gasteiger partial charge in [0.2, 0.25) is 0 Å². The van der Waals surface area contributed by atoms with E-state index in [0.717, 1.165) is 13.5 Å². The van der Waals surface area contributed by atoms with E-state index in [1.54, 1.807) is 7.11 Å². The van der Waals surface area contributed by atoms with Crippen molar-refractivity contribution in [3.05, 3.63) is 0 Å². The Hall–Kier alpha value is -0.160. The molecule has 1 saturated heterocycles. The van der Waals surface area contributed by atoms with Crippen LogP contribution in [0.1, 0.15) is 20.3 Å². The first kappa shape index (κ1) is 14.8. The molecule has 1 rings (SSSR count). The molecule has 0 aromatic rings. The largest absolute Gasteiger partial charge is 0.400 e. The van der Waals surface area contributed by atoms with Gasteiger partial charge >= 0.3 is 0 Å². The minimum atomic E-state index is -0.0452. The standard InChI is InChI=1S/C10H21NO2.CH4O/c1-7-6-9(11(3)4)8(2)10(12-5)13-7;1-2/h7-10H,6H2,1-5H3;2H,1H3/t7-,8-,9+,10-;/m1./s1. The zero-order chi connectivity index (χ0) is 12.0. The summed E-state index contributed by atoms with van der Waals surface area (Å²) in [5.41, 5.74) is 0. The number of nitrogens with zero attached hydrogens (tertiary/aromatic N) is 1. The van der Waals surface area contributed by atoms with Crippen molar-refractivity contribution < 1.29 is 14.6 Å². The van der Waals surface area contributed by atoms with E-state index in [1.165, 1.54) is 0 Å². The van der Waals surface area contributed by atoms with Gasteiger partial charge in [-0.1, -0.05) is 6.92 Å². The van der Waals surface area contributed by atoms with Gasteiger partial charge in [0.1, 0.15) is 0 Å². The van der Waals surface area contributed by atoms with Gasteiger partial charge < -0.3 is 19.5 Å². The summed E-state index contributed by atoms with van der Waals surface area (Å²) in [4.78, 5) is 2.26. The second-order valence-corrected chi connectivity index (χ2v) is 4.18. The van der Waals surface area contributed by atoms with E-state index < -0.39 is 0 Å². The fourth-order valence-electron chi connectivity index (χ4n) is 2.10. The molecule has 4 nitrogen and oxygen atoms in total. The van der Waals surface area contributed by atoms with E-state index in [4.69, 9.17) is 14.6 Å². The summed E-state index contributed by atoms with van der Waals surface area (Å²) in [6, 6.07) is 0.564. The molecule has 0 spiro atoms. The van der Waals surface area contributed by atoms with Crippen LogP contribution in [0.3, 0.4) is 0 Å². The van der Waals surface area contributed by atoms with Crippen molar-refractivity contribution in [2.45, 2.75) is 38.7 Å². The van der Waals surface area contributed by atoms with Crippen LogP contribution in [0.4, 0.5) is 0 Å². The zero-order valence-corrected chi connectivity index (χ0v) is 10.7. The summed E-state index contributed by atoms with van der Waals surface area (Å²) in [5, 5.41) is 7.00. The molecular formula is C11H25NO3. The van der Waals surface area contributed by atoms with Gasteiger partial charge in [-0.25, -0.2) is 0 Å². The molecule has 92 valence electrons. The summed E-state index contributed by atoms with van der Waals surface area (Å²) in [5.74, 6) is 0.441. The van der Waals surface area contributed by atoms with Gasteiger partial charge in [0.25, 0.3) is 0 Å². The van der Waals surface area contributed by atoms with Crippen molar-refractivity contribution in [1.82, 2.24) is 4.90 Å². The molecule has 15 heavy (non-hydrogen) atoms. The predicted molar refractivity (Wildman–Crippen MR) is 60.7 cm³/mol. The fraction of sp³-hybridized carbons (Fsp3) is 1.00.